The van der Waals surface area contributed by atoms with Crippen molar-refractivity contribution in [3.63, 3.8) is 0 Å². The molecule has 25 heavy (non-hydrogen) atoms. The van der Waals surface area contributed by atoms with E-state index in [1.165, 1.54) is 0 Å². The molecule has 1 heterocycles. The number of halogens is 3. The number of nitrogens with zero attached hydrogens (tertiary/aromatic N) is 1. The summed E-state index contributed by atoms with van der Waals surface area (Å²) in [5.74, 6) is -0.510. The number of rotatable bonds is 6. The van der Waals surface area contributed by atoms with Gasteiger partial charge in [-0.25, -0.2) is 0 Å². The zero-order chi connectivity index (χ0) is 18.4. The number of carbonyl (C=O) groups excluding carboxylic acids is 1. The van der Waals surface area contributed by atoms with Crippen molar-refractivity contribution in [2.45, 2.75) is 38.5 Å². The number of alkyl halides is 3. The third-order valence-corrected chi connectivity index (χ3v) is 3.74. The summed E-state index contributed by atoms with van der Waals surface area (Å²) < 4.78 is 39.0. The van der Waals surface area contributed by atoms with E-state index in [9.17, 15) is 22.8 Å². The van der Waals surface area contributed by atoms with Gasteiger partial charge in [-0.15, -0.1) is 0 Å². The highest BCUT2D eigenvalue weighted by molar-refractivity contribution is 5.76. The molecule has 4 nitrogen and oxygen atoms in total. The molecular weight excluding hydrogens is 333 g/mol. The van der Waals surface area contributed by atoms with Gasteiger partial charge in [0.2, 0.25) is 5.91 Å². The lowest BCUT2D eigenvalue weighted by Crippen LogP contribution is -2.34. The Morgan fingerprint density at radius 1 is 1.16 bits per heavy atom. The van der Waals surface area contributed by atoms with Crippen LogP contribution in [0.1, 0.15) is 36.9 Å². The van der Waals surface area contributed by atoms with Gasteiger partial charge in [-0.1, -0.05) is 43.7 Å². The molecule has 0 saturated carbocycles. The number of carbonyl (C=O) groups is 1. The number of pyridine rings is 1. The Labute approximate surface area is 143 Å². The van der Waals surface area contributed by atoms with Crippen LogP contribution in [0.4, 0.5) is 13.2 Å². The Morgan fingerprint density at radius 3 is 2.44 bits per heavy atom. The summed E-state index contributed by atoms with van der Waals surface area (Å²) in [6.07, 6.45) is -2.39. The van der Waals surface area contributed by atoms with Crippen molar-refractivity contribution in [2.24, 2.45) is 0 Å². The molecule has 0 bridgehead atoms. The van der Waals surface area contributed by atoms with E-state index >= 15 is 0 Å². The van der Waals surface area contributed by atoms with E-state index in [-0.39, 0.29) is 6.04 Å². The molecule has 0 aliphatic heterocycles. The molecule has 1 aromatic heterocycles. The SMILES string of the molecule is CCC[C@@H](NC(=O)Cn1cc(C(F)(F)F)ccc1=O)c1ccccc1. The second kappa shape index (κ2) is 8.00. The highest BCUT2D eigenvalue weighted by Gasteiger charge is 2.31. The Morgan fingerprint density at radius 2 is 1.84 bits per heavy atom. The van der Waals surface area contributed by atoms with Crippen LogP contribution in [0.5, 0.6) is 0 Å². The van der Waals surface area contributed by atoms with E-state index in [2.05, 4.69) is 5.32 Å². The summed E-state index contributed by atoms with van der Waals surface area (Å²) in [5, 5.41) is 2.79. The summed E-state index contributed by atoms with van der Waals surface area (Å²) in [7, 11) is 0. The molecule has 0 aliphatic carbocycles. The average Bonchev–Trinajstić information content (AvgIpc) is 2.56. The van der Waals surface area contributed by atoms with Crippen LogP contribution in [0.2, 0.25) is 0 Å². The second-order valence-corrected chi connectivity index (χ2v) is 5.70. The molecule has 0 saturated heterocycles. The second-order valence-electron chi connectivity index (χ2n) is 5.70. The Balaban J connectivity index is 2.15. The van der Waals surface area contributed by atoms with Crippen LogP contribution in [0.15, 0.2) is 53.5 Å². The maximum absolute atomic E-state index is 12.8. The maximum Gasteiger partial charge on any atom is 0.417 e. The molecule has 1 amide bonds. The molecule has 2 rings (SSSR count). The zero-order valence-electron chi connectivity index (χ0n) is 13.7. The molecule has 0 radical (unpaired) electrons. The summed E-state index contributed by atoms with van der Waals surface area (Å²) >= 11 is 0. The van der Waals surface area contributed by atoms with Crippen LogP contribution in [0.3, 0.4) is 0 Å². The van der Waals surface area contributed by atoms with Crippen LogP contribution >= 0.6 is 0 Å². The standard InChI is InChI=1S/C18H19F3N2O2/c1-2-6-15(13-7-4-3-5-8-13)22-16(24)12-23-11-14(18(19,20)21)9-10-17(23)25/h3-5,7-11,15H,2,6,12H2,1H3,(H,22,24)/t15-/m1/s1. The van der Waals surface area contributed by atoms with Crippen molar-refractivity contribution in [2.75, 3.05) is 0 Å². The Bertz CT molecular complexity index is 770. The largest absolute Gasteiger partial charge is 0.417 e. The molecule has 2 aromatic rings. The van der Waals surface area contributed by atoms with Crippen LogP contribution < -0.4 is 10.9 Å². The molecule has 1 N–H and O–H groups in total. The van der Waals surface area contributed by atoms with E-state index in [0.29, 0.717) is 18.7 Å². The van der Waals surface area contributed by atoms with Crippen molar-refractivity contribution in [3.05, 3.63) is 70.1 Å². The first-order valence-electron chi connectivity index (χ1n) is 7.93. The number of benzene rings is 1. The van der Waals surface area contributed by atoms with Gasteiger partial charge >= 0.3 is 6.18 Å². The van der Waals surface area contributed by atoms with Crippen LogP contribution in [0, 0.1) is 0 Å². The quantitative estimate of drug-likeness (QED) is 0.865. The van der Waals surface area contributed by atoms with Crippen molar-refractivity contribution >= 4 is 5.91 Å². The van der Waals surface area contributed by atoms with Gasteiger partial charge in [0.25, 0.3) is 5.56 Å². The minimum atomic E-state index is -4.57. The molecule has 7 heteroatoms. The number of hydrogen-bond donors (Lipinski definition) is 1. The fourth-order valence-corrected chi connectivity index (χ4v) is 2.51. The van der Waals surface area contributed by atoms with Gasteiger partial charge in [-0.2, -0.15) is 13.2 Å². The minimum Gasteiger partial charge on any atom is -0.348 e. The predicted molar refractivity (Wildman–Crippen MR) is 87.9 cm³/mol. The monoisotopic (exact) mass is 352 g/mol. The third kappa shape index (κ3) is 5.20. The van der Waals surface area contributed by atoms with E-state index in [4.69, 9.17) is 0 Å². The highest BCUT2D eigenvalue weighted by atomic mass is 19.4. The molecule has 0 aliphatic rings. The fourth-order valence-electron chi connectivity index (χ4n) is 2.51. The van der Waals surface area contributed by atoms with Crippen molar-refractivity contribution in [1.29, 1.82) is 0 Å². The normalized spacial score (nSPS) is 12.6. The zero-order valence-corrected chi connectivity index (χ0v) is 13.7. The van der Waals surface area contributed by atoms with Crippen LogP contribution in [-0.2, 0) is 17.5 Å². The lowest BCUT2D eigenvalue weighted by molar-refractivity contribution is -0.138. The van der Waals surface area contributed by atoms with E-state index < -0.39 is 29.8 Å². The van der Waals surface area contributed by atoms with Gasteiger partial charge in [0.05, 0.1) is 11.6 Å². The molecule has 0 spiro atoms. The van der Waals surface area contributed by atoms with Crippen molar-refractivity contribution in [1.82, 2.24) is 9.88 Å². The van der Waals surface area contributed by atoms with E-state index in [1.807, 2.05) is 37.3 Å². The molecule has 0 fully saturated rings. The molecule has 1 aromatic carbocycles. The van der Waals surface area contributed by atoms with Crippen molar-refractivity contribution in [3.8, 4) is 0 Å². The lowest BCUT2D eigenvalue weighted by atomic mass is 10.0. The Hall–Kier alpha value is -2.57. The van der Waals surface area contributed by atoms with Gasteiger partial charge in [-0.05, 0) is 18.1 Å². The summed E-state index contributed by atoms with van der Waals surface area (Å²) in [6, 6.07) is 10.6. The van der Waals surface area contributed by atoms with Crippen LogP contribution in [-0.4, -0.2) is 10.5 Å². The number of aromatic nitrogens is 1. The lowest BCUT2D eigenvalue weighted by Gasteiger charge is -2.19. The molecule has 1 atom stereocenters. The first-order valence-corrected chi connectivity index (χ1v) is 7.93. The number of nitrogens with one attached hydrogen (secondary N) is 1. The first kappa shape index (κ1) is 18.8. The van der Waals surface area contributed by atoms with Gasteiger partial charge in [0.1, 0.15) is 6.54 Å². The first-order chi connectivity index (χ1) is 11.8. The summed E-state index contributed by atoms with van der Waals surface area (Å²) in [5.41, 5.74) is -0.711. The van der Waals surface area contributed by atoms with Gasteiger partial charge in [0.15, 0.2) is 0 Å². The van der Waals surface area contributed by atoms with Gasteiger partial charge in [0, 0.05) is 12.3 Å². The van der Waals surface area contributed by atoms with Crippen molar-refractivity contribution < 1.29 is 18.0 Å². The fraction of sp³-hybridized carbons (Fsp3) is 0.333. The average molecular weight is 352 g/mol. The minimum absolute atomic E-state index is 0.250. The Kier molecular flexibility index (Phi) is 6.01. The summed E-state index contributed by atoms with van der Waals surface area (Å²) in [6.45, 7) is 1.51. The third-order valence-electron chi connectivity index (χ3n) is 3.74. The van der Waals surface area contributed by atoms with Crippen LogP contribution in [0.25, 0.3) is 0 Å². The van der Waals surface area contributed by atoms with Gasteiger partial charge in [-0.3, -0.25) is 9.59 Å². The maximum atomic E-state index is 12.8. The van der Waals surface area contributed by atoms with E-state index in [0.717, 1.165) is 22.6 Å². The molecule has 0 unspecified atom stereocenters. The number of amides is 1. The summed E-state index contributed by atoms with van der Waals surface area (Å²) in [4.78, 5) is 24.0. The highest BCUT2D eigenvalue weighted by Crippen LogP contribution is 2.28. The van der Waals surface area contributed by atoms with E-state index in [1.54, 1.807) is 0 Å². The smallest absolute Gasteiger partial charge is 0.348 e. The molecular formula is C18H19F3N2O2. The number of hydrogen-bond acceptors (Lipinski definition) is 2. The molecule has 134 valence electrons. The predicted octanol–water partition coefficient (Wildman–Crippen LogP) is 3.52. The topological polar surface area (TPSA) is 51.1 Å². The van der Waals surface area contributed by atoms with Gasteiger partial charge < -0.3 is 9.88 Å².